The third kappa shape index (κ3) is 7.77. The minimum Gasteiger partial charge on any atom is -0.352 e. The van der Waals surface area contributed by atoms with Gasteiger partial charge in [-0.1, -0.05) is 53.9 Å². The predicted molar refractivity (Wildman–Crippen MR) is 138 cm³/mol. The Hall–Kier alpha value is -2.00. The number of amides is 2. The average Bonchev–Trinajstić information content (AvgIpc) is 2.75. The molecule has 0 saturated heterocycles. The third-order valence-corrected chi connectivity index (χ3v) is 7.26. The summed E-state index contributed by atoms with van der Waals surface area (Å²) in [7, 11) is -3.84. The number of carbonyl (C=O) groups excluding carboxylic acids is 2. The van der Waals surface area contributed by atoms with E-state index < -0.39 is 28.5 Å². The van der Waals surface area contributed by atoms with E-state index >= 15 is 0 Å². The molecule has 2 aromatic carbocycles. The summed E-state index contributed by atoms with van der Waals surface area (Å²) in [5, 5.41) is 3.94. The van der Waals surface area contributed by atoms with E-state index in [1.165, 1.54) is 11.0 Å². The molecule has 0 heterocycles. The van der Waals surface area contributed by atoms with Gasteiger partial charge in [0, 0.05) is 27.7 Å². The topological polar surface area (TPSA) is 86.8 Å². The van der Waals surface area contributed by atoms with Crippen LogP contribution in [0, 0.1) is 0 Å². The number of anilines is 1. The lowest BCUT2D eigenvalue weighted by Gasteiger charge is -2.32. The van der Waals surface area contributed by atoms with Crippen molar-refractivity contribution in [3.05, 3.63) is 63.1 Å². The Morgan fingerprint density at radius 1 is 1.03 bits per heavy atom. The van der Waals surface area contributed by atoms with Crippen LogP contribution in [0.4, 0.5) is 5.69 Å². The highest BCUT2D eigenvalue weighted by Crippen LogP contribution is 2.25. The van der Waals surface area contributed by atoms with Gasteiger partial charge in [0.25, 0.3) is 0 Å². The van der Waals surface area contributed by atoms with Crippen LogP contribution in [0.15, 0.2) is 42.5 Å². The molecule has 0 radical (unpaired) electrons. The maximum Gasteiger partial charge on any atom is 0.244 e. The van der Waals surface area contributed by atoms with Crippen LogP contribution in [-0.2, 0) is 26.2 Å². The second kappa shape index (κ2) is 12.1. The molecule has 0 aliphatic heterocycles. The van der Waals surface area contributed by atoms with Crippen molar-refractivity contribution in [2.45, 2.75) is 45.8 Å². The molecule has 0 aliphatic carbocycles. The highest BCUT2D eigenvalue weighted by molar-refractivity contribution is 7.92. The van der Waals surface area contributed by atoms with E-state index in [1.807, 2.05) is 13.8 Å². The Balaban J connectivity index is 2.42. The molecule has 0 aromatic heterocycles. The van der Waals surface area contributed by atoms with E-state index in [0.29, 0.717) is 27.1 Å². The van der Waals surface area contributed by atoms with Crippen LogP contribution in [0.1, 0.15) is 32.8 Å². The Kier molecular flexibility index (Phi) is 10.1. The highest BCUT2D eigenvalue weighted by atomic mass is 35.5. The number of halogens is 3. The van der Waals surface area contributed by atoms with Crippen LogP contribution < -0.4 is 9.62 Å². The van der Waals surface area contributed by atoms with Gasteiger partial charge in [-0.25, -0.2) is 8.42 Å². The van der Waals surface area contributed by atoms with Gasteiger partial charge in [-0.2, -0.15) is 0 Å². The van der Waals surface area contributed by atoms with Crippen molar-refractivity contribution < 1.29 is 18.0 Å². The first kappa shape index (κ1) is 28.2. The largest absolute Gasteiger partial charge is 0.352 e. The number of carbonyl (C=O) groups is 2. The number of hydrogen-bond donors (Lipinski definition) is 1. The quantitative estimate of drug-likeness (QED) is 0.464. The molecular weight excluding hydrogens is 521 g/mol. The highest BCUT2D eigenvalue weighted by Gasteiger charge is 2.31. The van der Waals surface area contributed by atoms with Crippen molar-refractivity contribution in [1.82, 2.24) is 10.2 Å². The molecule has 0 aliphatic rings. The van der Waals surface area contributed by atoms with Crippen molar-refractivity contribution in [3.63, 3.8) is 0 Å². The van der Waals surface area contributed by atoms with E-state index in [4.69, 9.17) is 34.8 Å². The summed E-state index contributed by atoms with van der Waals surface area (Å²) < 4.78 is 26.0. The molecule has 34 heavy (non-hydrogen) atoms. The van der Waals surface area contributed by atoms with Gasteiger partial charge in [0.2, 0.25) is 21.8 Å². The molecule has 0 bridgehead atoms. The summed E-state index contributed by atoms with van der Waals surface area (Å²) >= 11 is 18.3. The molecule has 11 heteroatoms. The first-order chi connectivity index (χ1) is 15.8. The fraction of sp³-hybridized carbons (Fsp3) is 0.391. The first-order valence-corrected chi connectivity index (χ1v) is 13.6. The minimum atomic E-state index is -3.84. The Morgan fingerprint density at radius 2 is 1.68 bits per heavy atom. The van der Waals surface area contributed by atoms with Crippen molar-refractivity contribution in [2.24, 2.45) is 0 Å². The second-order valence-electron chi connectivity index (χ2n) is 8.00. The summed E-state index contributed by atoms with van der Waals surface area (Å²) in [6.07, 6.45) is 1.71. The summed E-state index contributed by atoms with van der Waals surface area (Å²) in [5.41, 5.74) is 0.806. The van der Waals surface area contributed by atoms with Gasteiger partial charge >= 0.3 is 0 Å². The normalized spacial score (nSPS) is 13.1. The zero-order valence-corrected chi connectivity index (χ0v) is 22.5. The van der Waals surface area contributed by atoms with Gasteiger partial charge in [0.15, 0.2) is 0 Å². The van der Waals surface area contributed by atoms with Crippen LogP contribution >= 0.6 is 34.8 Å². The molecule has 0 saturated carbocycles. The van der Waals surface area contributed by atoms with Crippen LogP contribution in [-0.4, -0.2) is 50.0 Å². The molecule has 186 valence electrons. The molecule has 2 rings (SSSR count). The Bertz CT molecular complexity index is 1140. The first-order valence-electron chi connectivity index (χ1n) is 10.6. The molecule has 0 fully saturated rings. The predicted octanol–water partition coefficient (Wildman–Crippen LogP) is 4.74. The van der Waals surface area contributed by atoms with E-state index in [0.717, 1.165) is 10.6 Å². The molecule has 7 nitrogen and oxygen atoms in total. The number of rotatable bonds is 10. The average molecular weight is 549 g/mol. The van der Waals surface area contributed by atoms with Gasteiger partial charge in [-0.05, 0) is 56.2 Å². The zero-order chi connectivity index (χ0) is 25.6. The van der Waals surface area contributed by atoms with Crippen molar-refractivity contribution in [2.75, 3.05) is 17.1 Å². The third-order valence-electron chi connectivity index (χ3n) is 5.30. The summed E-state index contributed by atoms with van der Waals surface area (Å²) in [4.78, 5) is 27.7. The van der Waals surface area contributed by atoms with Crippen molar-refractivity contribution in [1.29, 1.82) is 0 Å². The summed E-state index contributed by atoms with van der Waals surface area (Å²) in [6.45, 7) is 4.84. The lowest BCUT2D eigenvalue weighted by Crippen LogP contribution is -2.52. The smallest absolute Gasteiger partial charge is 0.244 e. The van der Waals surface area contributed by atoms with E-state index in [9.17, 15) is 18.0 Å². The monoisotopic (exact) mass is 547 g/mol. The molecule has 0 unspecified atom stereocenters. The van der Waals surface area contributed by atoms with Crippen LogP contribution in [0.2, 0.25) is 15.1 Å². The molecular formula is C23H28Cl3N3O4S. The minimum absolute atomic E-state index is 0.0168. The van der Waals surface area contributed by atoms with Crippen molar-refractivity contribution >= 4 is 62.3 Å². The molecule has 2 amide bonds. The Labute approximate surface area is 216 Å². The standard InChI is InChI=1S/C23H28Cl3N3O4S/c1-5-15(2)27-23(31)16(3)28(13-17-9-10-19(25)12-21(17)26)22(30)14-29(34(4,32)33)20-8-6-7-18(24)11-20/h6-12,15-16H,5,13-14H2,1-4H3,(H,27,31)/t15-,16-/m1/s1. The van der Waals surface area contributed by atoms with Crippen molar-refractivity contribution in [3.8, 4) is 0 Å². The second-order valence-corrected chi connectivity index (χ2v) is 11.2. The van der Waals surface area contributed by atoms with Crippen LogP contribution in [0.3, 0.4) is 0 Å². The van der Waals surface area contributed by atoms with Gasteiger partial charge < -0.3 is 10.2 Å². The number of nitrogens with one attached hydrogen (secondary N) is 1. The van der Waals surface area contributed by atoms with Gasteiger partial charge in [0.1, 0.15) is 12.6 Å². The van der Waals surface area contributed by atoms with Crippen LogP contribution in [0.25, 0.3) is 0 Å². The molecule has 1 N–H and O–H groups in total. The lowest BCUT2D eigenvalue weighted by molar-refractivity contribution is -0.139. The number of hydrogen-bond acceptors (Lipinski definition) is 4. The van der Waals surface area contributed by atoms with Crippen LogP contribution in [0.5, 0.6) is 0 Å². The zero-order valence-electron chi connectivity index (χ0n) is 19.4. The van der Waals surface area contributed by atoms with E-state index in [1.54, 1.807) is 43.3 Å². The molecule has 2 atom stereocenters. The fourth-order valence-electron chi connectivity index (χ4n) is 3.13. The maximum atomic E-state index is 13.5. The maximum absolute atomic E-state index is 13.5. The fourth-order valence-corrected chi connectivity index (χ4v) is 4.62. The number of benzene rings is 2. The molecule has 2 aromatic rings. The van der Waals surface area contributed by atoms with Gasteiger partial charge in [0.05, 0.1) is 11.9 Å². The van der Waals surface area contributed by atoms with E-state index in [-0.39, 0.29) is 24.2 Å². The number of sulfonamides is 1. The Morgan fingerprint density at radius 3 is 2.24 bits per heavy atom. The summed E-state index contributed by atoms with van der Waals surface area (Å²) in [5.74, 6) is -0.940. The van der Waals surface area contributed by atoms with Gasteiger partial charge in [-0.15, -0.1) is 0 Å². The van der Waals surface area contributed by atoms with E-state index in [2.05, 4.69) is 5.32 Å². The molecule has 0 spiro atoms. The lowest BCUT2D eigenvalue weighted by atomic mass is 10.1. The SMILES string of the molecule is CC[C@@H](C)NC(=O)[C@@H](C)N(Cc1ccc(Cl)cc1Cl)C(=O)CN(c1cccc(Cl)c1)S(C)(=O)=O. The number of nitrogens with zero attached hydrogens (tertiary/aromatic N) is 2. The summed E-state index contributed by atoms with van der Waals surface area (Å²) in [6, 6.07) is 10.0. The van der Waals surface area contributed by atoms with Gasteiger partial charge in [-0.3, -0.25) is 13.9 Å².